The van der Waals surface area contributed by atoms with Gasteiger partial charge >= 0.3 is 5.97 Å². The lowest BCUT2D eigenvalue weighted by Crippen LogP contribution is -2.50. The smallest absolute Gasteiger partial charge is 0.325 e. The third-order valence-electron chi connectivity index (χ3n) is 3.57. The number of hydrogen-bond donors (Lipinski definition) is 1. The largest absolute Gasteiger partial charge is 0.468 e. The Hall–Kier alpha value is -1.00. The molecule has 118 valence electrons. The van der Waals surface area contributed by atoms with Crippen LogP contribution in [0.4, 0.5) is 0 Å². The fraction of sp³-hybridized carbons (Fsp3) is 0.588. The van der Waals surface area contributed by atoms with Crippen LogP contribution in [0.5, 0.6) is 0 Å². The van der Waals surface area contributed by atoms with Crippen LogP contribution in [0.3, 0.4) is 0 Å². The second-order valence-corrected chi connectivity index (χ2v) is 6.60. The van der Waals surface area contributed by atoms with Crippen LogP contribution in [0.2, 0.25) is 0 Å². The molecule has 21 heavy (non-hydrogen) atoms. The molecule has 4 heteroatoms. The molecule has 0 spiro atoms. The molecule has 3 nitrogen and oxygen atoms in total. The van der Waals surface area contributed by atoms with E-state index >= 15 is 0 Å². The first-order valence-corrected chi connectivity index (χ1v) is 8.54. The zero-order valence-corrected chi connectivity index (χ0v) is 14.4. The summed E-state index contributed by atoms with van der Waals surface area (Å²) < 4.78 is 4.94. The van der Waals surface area contributed by atoms with Crippen LogP contribution >= 0.6 is 11.8 Å². The molecule has 0 bridgehead atoms. The first-order chi connectivity index (χ1) is 10.0. The standard InChI is InChI=1S/C17H27NO2S/c1-5-12-18-17(3,16(19)20-4)11-8-13-21-15-10-7-6-9-14(15)2/h6-7,9-10,18H,5,8,11-13H2,1-4H3. The van der Waals surface area contributed by atoms with E-state index in [1.807, 2.05) is 18.7 Å². The summed E-state index contributed by atoms with van der Waals surface area (Å²) in [5.74, 6) is 0.836. The van der Waals surface area contributed by atoms with Gasteiger partial charge in [0.15, 0.2) is 0 Å². The van der Waals surface area contributed by atoms with Crippen molar-refractivity contribution in [3.63, 3.8) is 0 Å². The van der Waals surface area contributed by atoms with Crippen LogP contribution in [0, 0.1) is 6.92 Å². The highest BCUT2D eigenvalue weighted by Gasteiger charge is 2.32. The number of thioether (sulfide) groups is 1. The van der Waals surface area contributed by atoms with Crippen LogP contribution < -0.4 is 5.32 Å². The average Bonchev–Trinajstić information content (AvgIpc) is 2.50. The van der Waals surface area contributed by atoms with Crippen molar-refractivity contribution in [2.45, 2.75) is 50.5 Å². The minimum Gasteiger partial charge on any atom is -0.468 e. The molecule has 0 aromatic heterocycles. The molecule has 1 N–H and O–H groups in total. The minimum atomic E-state index is -0.572. The second-order valence-electron chi connectivity index (χ2n) is 5.47. The predicted octanol–water partition coefficient (Wildman–Crippen LogP) is 3.80. The van der Waals surface area contributed by atoms with Crippen LogP contribution in [0.15, 0.2) is 29.2 Å². The van der Waals surface area contributed by atoms with Gasteiger partial charge in [0.05, 0.1) is 7.11 Å². The van der Waals surface area contributed by atoms with E-state index in [4.69, 9.17) is 4.74 Å². The van der Waals surface area contributed by atoms with E-state index in [9.17, 15) is 4.79 Å². The van der Waals surface area contributed by atoms with Gasteiger partial charge in [-0.3, -0.25) is 4.79 Å². The Morgan fingerprint density at radius 2 is 2.10 bits per heavy atom. The molecule has 0 heterocycles. The molecule has 1 unspecified atom stereocenters. The van der Waals surface area contributed by atoms with E-state index in [2.05, 4.69) is 43.4 Å². The molecule has 0 saturated carbocycles. The number of carbonyl (C=O) groups is 1. The number of esters is 1. The first-order valence-electron chi connectivity index (χ1n) is 7.55. The lowest BCUT2D eigenvalue weighted by molar-refractivity contribution is -0.148. The Morgan fingerprint density at radius 1 is 1.38 bits per heavy atom. The number of rotatable bonds is 9. The Bertz CT molecular complexity index is 450. The maximum atomic E-state index is 12.0. The molecule has 0 aliphatic carbocycles. The molecule has 1 aromatic rings. The molecule has 1 aromatic carbocycles. The summed E-state index contributed by atoms with van der Waals surface area (Å²) in [6, 6.07) is 8.40. The quantitative estimate of drug-likeness (QED) is 0.428. The van der Waals surface area contributed by atoms with Crippen LogP contribution in [0.25, 0.3) is 0 Å². The van der Waals surface area contributed by atoms with Gasteiger partial charge in [-0.05, 0) is 57.0 Å². The molecule has 0 saturated heterocycles. The zero-order valence-electron chi connectivity index (χ0n) is 13.6. The molecule has 0 aliphatic heterocycles. The van der Waals surface area contributed by atoms with Gasteiger partial charge in [0.25, 0.3) is 0 Å². The van der Waals surface area contributed by atoms with Crippen molar-refractivity contribution in [3.8, 4) is 0 Å². The van der Waals surface area contributed by atoms with Crippen LogP contribution in [-0.4, -0.2) is 30.9 Å². The molecule has 0 amide bonds. The summed E-state index contributed by atoms with van der Waals surface area (Å²) in [4.78, 5) is 13.3. The SMILES string of the molecule is CCCNC(C)(CCCSc1ccccc1C)C(=O)OC. The third-order valence-corrected chi connectivity index (χ3v) is 4.84. The molecule has 0 aliphatic rings. The van der Waals surface area contributed by atoms with Gasteiger partial charge < -0.3 is 10.1 Å². The van der Waals surface area contributed by atoms with Gasteiger partial charge in [0, 0.05) is 4.90 Å². The first kappa shape index (κ1) is 18.1. The van der Waals surface area contributed by atoms with Crippen molar-refractivity contribution in [2.24, 2.45) is 0 Å². The van der Waals surface area contributed by atoms with E-state index in [1.165, 1.54) is 17.6 Å². The lowest BCUT2D eigenvalue weighted by Gasteiger charge is -2.28. The Kier molecular flexibility index (Phi) is 7.83. The van der Waals surface area contributed by atoms with Gasteiger partial charge in [-0.2, -0.15) is 0 Å². The van der Waals surface area contributed by atoms with Gasteiger partial charge in [0.1, 0.15) is 5.54 Å². The maximum Gasteiger partial charge on any atom is 0.325 e. The lowest BCUT2D eigenvalue weighted by atomic mass is 9.96. The summed E-state index contributed by atoms with van der Waals surface area (Å²) >= 11 is 1.85. The average molecular weight is 309 g/mol. The van der Waals surface area contributed by atoms with Gasteiger partial charge in [-0.1, -0.05) is 25.1 Å². The summed E-state index contributed by atoms with van der Waals surface area (Å²) in [7, 11) is 1.45. The number of benzene rings is 1. The van der Waals surface area contributed by atoms with E-state index < -0.39 is 5.54 Å². The van der Waals surface area contributed by atoms with E-state index in [0.29, 0.717) is 0 Å². The zero-order chi connectivity index (χ0) is 15.7. The van der Waals surface area contributed by atoms with E-state index in [-0.39, 0.29) is 5.97 Å². The van der Waals surface area contributed by atoms with Crippen molar-refractivity contribution in [3.05, 3.63) is 29.8 Å². The molecule has 0 fully saturated rings. The van der Waals surface area contributed by atoms with E-state index in [1.54, 1.807) is 0 Å². The Balaban J connectivity index is 2.46. The highest BCUT2D eigenvalue weighted by molar-refractivity contribution is 7.99. The third kappa shape index (κ3) is 5.71. The molecular weight excluding hydrogens is 282 g/mol. The van der Waals surface area contributed by atoms with Gasteiger partial charge in [-0.25, -0.2) is 0 Å². The number of aryl methyl sites for hydroxylation is 1. The molecular formula is C17H27NO2S. The van der Waals surface area contributed by atoms with Crippen LogP contribution in [0.1, 0.15) is 38.7 Å². The van der Waals surface area contributed by atoms with Crippen molar-refractivity contribution in [1.82, 2.24) is 5.32 Å². The second kappa shape index (κ2) is 9.11. The highest BCUT2D eigenvalue weighted by Crippen LogP contribution is 2.24. The maximum absolute atomic E-state index is 12.0. The van der Waals surface area contributed by atoms with Crippen molar-refractivity contribution in [2.75, 3.05) is 19.4 Å². The fourth-order valence-electron chi connectivity index (χ4n) is 2.21. The minimum absolute atomic E-state index is 0.170. The monoisotopic (exact) mass is 309 g/mol. The van der Waals surface area contributed by atoms with E-state index in [0.717, 1.165) is 31.6 Å². The van der Waals surface area contributed by atoms with Crippen LogP contribution in [-0.2, 0) is 9.53 Å². The summed E-state index contributed by atoms with van der Waals surface area (Å²) in [5.41, 5.74) is 0.735. The number of methoxy groups -OCH3 is 1. The number of ether oxygens (including phenoxy) is 1. The van der Waals surface area contributed by atoms with Gasteiger partial charge in [0.2, 0.25) is 0 Å². The van der Waals surface area contributed by atoms with Crippen molar-refractivity contribution >= 4 is 17.7 Å². The van der Waals surface area contributed by atoms with Gasteiger partial charge in [-0.15, -0.1) is 11.8 Å². The summed E-state index contributed by atoms with van der Waals surface area (Å²) in [5, 5.41) is 3.32. The van der Waals surface area contributed by atoms with Crippen molar-refractivity contribution < 1.29 is 9.53 Å². The molecule has 1 rings (SSSR count). The number of carbonyl (C=O) groups excluding carboxylic acids is 1. The molecule has 1 atom stereocenters. The summed E-state index contributed by atoms with van der Waals surface area (Å²) in [6.07, 6.45) is 2.77. The Morgan fingerprint density at radius 3 is 2.71 bits per heavy atom. The van der Waals surface area contributed by atoms with Crippen molar-refractivity contribution in [1.29, 1.82) is 0 Å². The summed E-state index contributed by atoms with van der Waals surface area (Å²) in [6.45, 7) is 6.99. The number of hydrogen-bond acceptors (Lipinski definition) is 4. The fourth-order valence-corrected chi connectivity index (χ4v) is 3.19. The Labute approximate surface area is 132 Å². The highest BCUT2D eigenvalue weighted by atomic mass is 32.2. The normalized spacial score (nSPS) is 13.7. The topological polar surface area (TPSA) is 38.3 Å². The number of nitrogens with one attached hydrogen (secondary N) is 1. The predicted molar refractivity (Wildman–Crippen MR) is 89.9 cm³/mol. The molecule has 0 radical (unpaired) electrons.